The average Bonchev–Trinajstić information content (AvgIpc) is 2.53. The average molecular weight is 443 g/mol. The number of nitrogens with zero attached hydrogens (tertiary/aromatic N) is 4. The molecule has 1 rings (SSSR count). The molecule has 0 amide bonds. The van der Waals surface area contributed by atoms with E-state index >= 15 is 0 Å². The van der Waals surface area contributed by atoms with Crippen molar-refractivity contribution in [2.75, 3.05) is 54.4 Å². The van der Waals surface area contributed by atoms with Crippen molar-refractivity contribution in [1.82, 2.24) is 19.6 Å². The maximum absolute atomic E-state index is 2.58. The molecule has 0 N–H and O–H groups in total. The van der Waals surface area contributed by atoms with Gasteiger partial charge in [-0.1, -0.05) is 13.8 Å². The summed E-state index contributed by atoms with van der Waals surface area (Å²) in [5.74, 6) is 0.819. The molecular weight excluding hydrogens is 380 g/mol. The third-order valence-electron chi connectivity index (χ3n) is 6.79. The van der Waals surface area contributed by atoms with Crippen molar-refractivity contribution in [3.63, 3.8) is 0 Å². The van der Waals surface area contributed by atoms with Gasteiger partial charge in [0.05, 0.1) is 0 Å². The van der Waals surface area contributed by atoms with E-state index in [1.165, 1.54) is 32.6 Å². The summed E-state index contributed by atoms with van der Waals surface area (Å²) in [6.07, 6.45) is 1.30. The number of hydrogen-bond donors (Lipinski definition) is 0. The van der Waals surface area contributed by atoms with E-state index < -0.39 is 0 Å². The number of rotatable bonds is 3. The lowest BCUT2D eigenvalue weighted by Gasteiger charge is -2.50. The third kappa shape index (κ3) is 15.3. The van der Waals surface area contributed by atoms with Crippen molar-refractivity contribution in [3.8, 4) is 0 Å². The van der Waals surface area contributed by atoms with Crippen molar-refractivity contribution >= 4 is 0 Å². The Balaban J connectivity index is 0. The summed E-state index contributed by atoms with van der Waals surface area (Å²) in [4.78, 5) is 9.63. The molecule has 0 bridgehead atoms. The minimum absolute atomic E-state index is 0.318. The van der Waals surface area contributed by atoms with Gasteiger partial charge in [-0.15, -0.1) is 0 Å². The second kappa shape index (κ2) is 12.9. The standard InChI is InChI=1S/C11H24N2.C10H23N.C6H15N/c1-10(2,3)13-8-7-12(6)11(4,5)9-13;1-9(2)7-8-11(6)10(3,4)5;1-6(2,3)7(4)5/h7-9H2,1-6H3;9H,7-8H2,1-6H3;1-5H3. The molecule has 0 unspecified atom stereocenters. The zero-order chi connectivity index (χ0) is 25.4. The highest BCUT2D eigenvalue weighted by Crippen LogP contribution is 2.24. The van der Waals surface area contributed by atoms with E-state index in [1.807, 2.05) is 0 Å². The van der Waals surface area contributed by atoms with Crippen LogP contribution in [0.1, 0.15) is 96.4 Å². The molecule has 0 aliphatic carbocycles. The minimum Gasteiger partial charge on any atom is -0.305 e. The van der Waals surface area contributed by atoms with Crippen LogP contribution in [0.3, 0.4) is 0 Å². The first-order valence-electron chi connectivity index (χ1n) is 12.4. The summed E-state index contributed by atoms with van der Waals surface area (Å²) in [5, 5.41) is 0. The van der Waals surface area contributed by atoms with Gasteiger partial charge in [-0.05, 0) is 123 Å². The van der Waals surface area contributed by atoms with Gasteiger partial charge in [0.1, 0.15) is 0 Å². The fraction of sp³-hybridized carbons (Fsp3) is 1.00. The zero-order valence-electron chi connectivity index (χ0n) is 24.9. The fourth-order valence-corrected chi connectivity index (χ4v) is 2.60. The molecule has 190 valence electrons. The Morgan fingerprint density at radius 1 is 0.806 bits per heavy atom. The molecule has 0 spiro atoms. The molecule has 0 aromatic heterocycles. The quantitative estimate of drug-likeness (QED) is 0.538. The van der Waals surface area contributed by atoms with Gasteiger partial charge in [-0.25, -0.2) is 0 Å². The predicted molar refractivity (Wildman–Crippen MR) is 143 cm³/mol. The van der Waals surface area contributed by atoms with Crippen LogP contribution in [-0.4, -0.2) is 96.1 Å². The van der Waals surface area contributed by atoms with Crippen LogP contribution in [-0.2, 0) is 0 Å². The van der Waals surface area contributed by atoms with E-state index in [0.29, 0.717) is 22.2 Å². The minimum atomic E-state index is 0.318. The maximum Gasteiger partial charge on any atom is 0.0277 e. The van der Waals surface area contributed by atoms with Crippen LogP contribution in [0.5, 0.6) is 0 Å². The Kier molecular flexibility index (Phi) is 13.8. The largest absolute Gasteiger partial charge is 0.305 e. The van der Waals surface area contributed by atoms with E-state index in [4.69, 9.17) is 0 Å². The molecule has 1 aliphatic rings. The summed E-state index contributed by atoms with van der Waals surface area (Å²) in [6.45, 7) is 34.2. The Morgan fingerprint density at radius 2 is 1.23 bits per heavy atom. The van der Waals surface area contributed by atoms with Crippen LogP contribution < -0.4 is 0 Å². The molecule has 0 aromatic rings. The molecule has 0 aromatic carbocycles. The fourth-order valence-electron chi connectivity index (χ4n) is 2.60. The van der Waals surface area contributed by atoms with Crippen molar-refractivity contribution in [2.45, 2.75) is 119 Å². The van der Waals surface area contributed by atoms with E-state index in [9.17, 15) is 0 Å². The highest BCUT2D eigenvalue weighted by atomic mass is 15.3. The molecular formula is C27H62N4. The van der Waals surface area contributed by atoms with Crippen molar-refractivity contribution in [1.29, 1.82) is 0 Å². The Morgan fingerprint density at radius 3 is 1.48 bits per heavy atom. The summed E-state index contributed by atoms with van der Waals surface area (Å²) in [5.41, 5.74) is 1.30. The normalized spacial score (nSPS) is 18.6. The first kappa shape index (κ1) is 33.0. The molecule has 4 nitrogen and oxygen atoms in total. The molecule has 1 saturated heterocycles. The molecule has 31 heavy (non-hydrogen) atoms. The van der Waals surface area contributed by atoms with Gasteiger partial charge in [0.25, 0.3) is 0 Å². The lowest BCUT2D eigenvalue weighted by molar-refractivity contribution is -0.00542. The second-order valence-electron chi connectivity index (χ2n) is 13.7. The van der Waals surface area contributed by atoms with Crippen LogP contribution in [0.2, 0.25) is 0 Å². The zero-order valence-corrected chi connectivity index (χ0v) is 24.9. The second-order valence-corrected chi connectivity index (χ2v) is 13.7. The van der Waals surface area contributed by atoms with E-state index in [2.05, 4.69) is 138 Å². The monoisotopic (exact) mass is 442 g/mol. The SMILES string of the molecule is CC(C)CCN(C)C(C)(C)C.CN(C)C(C)(C)C.CN1CCN(C(C)(C)C)CC1(C)C. The maximum atomic E-state index is 2.58. The van der Waals surface area contributed by atoms with Gasteiger partial charge in [-0.2, -0.15) is 0 Å². The molecule has 0 saturated carbocycles. The first-order valence-corrected chi connectivity index (χ1v) is 12.4. The summed E-state index contributed by atoms with van der Waals surface area (Å²) >= 11 is 0. The first-order chi connectivity index (χ1) is 13.5. The lowest BCUT2D eigenvalue weighted by atomic mass is 9.95. The van der Waals surface area contributed by atoms with Gasteiger partial charge >= 0.3 is 0 Å². The Labute approximate surface area is 198 Å². The van der Waals surface area contributed by atoms with E-state index in [-0.39, 0.29) is 0 Å². The van der Waals surface area contributed by atoms with Gasteiger partial charge in [0, 0.05) is 41.8 Å². The van der Waals surface area contributed by atoms with E-state index in [0.717, 1.165) is 5.92 Å². The summed E-state index contributed by atoms with van der Waals surface area (Å²) in [7, 11) is 8.59. The molecule has 0 radical (unpaired) electrons. The van der Waals surface area contributed by atoms with Gasteiger partial charge < -0.3 is 9.80 Å². The summed E-state index contributed by atoms with van der Waals surface area (Å²) in [6, 6.07) is 0. The number of likely N-dealkylation sites (N-methyl/N-ethyl adjacent to an activating group) is 1. The van der Waals surface area contributed by atoms with Crippen LogP contribution in [0.15, 0.2) is 0 Å². The highest BCUT2D eigenvalue weighted by molar-refractivity contribution is 4.92. The van der Waals surface area contributed by atoms with Gasteiger partial charge in [0.15, 0.2) is 0 Å². The van der Waals surface area contributed by atoms with Crippen molar-refractivity contribution < 1.29 is 0 Å². The molecule has 0 atom stereocenters. The molecule has 4 heteroatoms. The van der Waals surface area contributed by atoms with Crippen LogP contribution in [0.25, 0.3) is 0 Å². The summed E-state index contributed by atoms with van der Waals surface area (Å²) < 4.78 is 0. The van der Waals surface area contributed by atoms with Crippen LogP contribution in [0, 0.1) is 5.92 Å². The van der Waals surface area contributed by atoms with Gasteiger partial charge in [0.2, 0.25) is 0 Å². The number of piperazine rings is 1. The lowest BCUT2D eigenvalue weighted by Crippen LogP contribution is -2.61. The Hall–Kier alpha value is -0.160. The van der Waals surface area contributed by atoms with Crippen molar-refractivity contribution in [3.05, 3.63) is 0 Å². The molecule has 1 fully saturated rings. The van der Waals surface area contributed by atoms with Gasteiger partial charge in [-0.3, -0.25) is 9.80 Å². The van der Waals surface area contributed by atoms with Crippen LogP contribution in [0.4, 0.5) is 0 Å². The number of hydrogen-bond acceptors (Lipinski definition) is 4. The smallest absolute Gasteiger partial charge is 0.0277 e. The topological polar surface area (TPSA) is 13.0 Å². The van der Waals surface area contributed by atoms with Crippen LogP contribution >= 0.6 is 0 Å². The highest BCUT2D eigenvalue weighted by Gasteiger charge is 2.35. The van der Waals surface area contributed by atoms with E-state index in [1.54, 1.807) is 0 Å². The third-order valence-corrected chi connectivity index (χ3v) is 6.79. The molecule has 1 aliphatic heterocycles. The molecule has 1 heterocycles. The van der Waals surface area contributed by atoms with Crippen molar-refractivity contribution in [2.24, 2.45) is 5.92 Å². The Bertz CT molecular complexity index is 461. The predicted octanol–water partition coefficient (Wildman–Crippen LogP) is 5.92.